The Morgan fingerprint density at radius 1 is 1.25 bits per heavy atom. The zero-order chi connectivity index (χ0) is 15.0. The highest BCUT2D eigenvalue weighted by Gasteiger charge is 2.12. The molecule has 2 N–H and O–H groups in total. The summed E-state index contributed by atoms with van der Waals surface area (Å²) in [6.45, 7) is 6.57. The van der Waals surface area contributed by atoms with Crippen molar-refractivity contribution in [3.63, 3.8) is 0 Å². The first kappa shape index (κ1) is 16.7. The summed E-state index contributed by atoms with van der Waals surface area (Å²) in [6, 6.07) is 8.44. The fraction of sp³-hybridized carbons (Fsp3) is 0.588. The lowest BCUT2D eigenvalue weighted by Gasteiger charge is -2.14. The van der Waals surface area contributed by atoms with Gasteiger partial charge in [-0.1, -0.05) is 51.5 Å². The molecule has 3 heteroatoms. The predicted molar refractivity (Wildman–Crippen MR) is 82.8 cm³/mol. The standard InChI is InChI=1S/C17H27NO2/c1-4-6-16(19)12-18-17(20)11-13(3)15-9-7-14(5-2)8-10-15/h7-10,13,16,19H,4-6,11-12H2,1-3H3,(H,18,20). The Hall–Kier alpha value is -1.35. The third-order valence-electron chi connectivity index (χ3n) is 3.61. The topological polar surface area (TPSA) is 49.3 Å². The van der Waals surface area contributed by atoms with Crippen molar-refractivity contribution < 1.29 is 9.90 Å². The van der Waals surface area contributed by atoms with E-state index in [-0.39, 0.29) is 11.8 Å². The van der Waals surface area contributed by atoms with Crippen molar-refractivity contribution in [3.05, 3.63) is 35.4 Å². The van der Waals surface area contributed by atoms with Crippen molar-refractivity contribution in [2.45, 2.75) is 58.5 Å². The molecule has 20 heavy (non-hydrogen) atoms. The van der Waals surface area contributed by atoms with E-state index < -0.39 is 6.10 Å². The summed E-state index contributed by atoms with van der Waals surface area (Å²) >= 11 is 0. The van der Waals surface area contributed by atoms with Gasteiger partial charge in [0.15, 0.2) is 0 Å². The molecule has 0 aromatic heterocycles. The molecule has 3 nitrogen and oxygen atoms in total. The fourth-order valence-electron chi connectivity index (χ4n) is 2.22. The molecule has 1 rings (SSSR count). The lowest BCUT2D eigenvalue weighted by atomic mass is 9.96. The molecule has 0 saturated heterocycles. The Bertz CT molecular complexity index is 400. The number of benzene rings is 1. The van der Waals surface area contributed by atoms with E-state index >= 15 is 0 Å². The van der Waals surface area contributed by atoms with E-state index in [1.165, 1.54) is 11.1 Å². The van der Waals surface area contributed by atoms with Gasteiger partial charge in [0.2, 0.25) is 5.91 Å². The number of nitrogens with one attached hydrogen (secondary N) is 1. The van der Waals surface area contributed by atoms with Crippen LogP contribution in [0, 0.1) is 0 Å². The van der Waals surface area contributed by atoms with E-state index in [0.29, 0.717) is 13.0 Å². The van der Waals surface area contributed by atoms with Crippen molar-refractivity contribution in [2.75, 3.05) is 6.54 Å². The number of carbonyl (C=O) groups is 1. The second kappa shape index (κ2) is 8.75. The number of aryl methyl sites for hydroxylation is 1. The fourth-order valence-corrected chi connectivity index (χ4v) is 2.22. The zero-order valence-electron chi connectivity index (χ0n) is 12.9. The molecule has 0 heterocycles. The van der Waals surface area contributed by atoms with E-state index in [4.69, 9.17) is 0 Å². The van der Waals surface area contributed by atoms with Gasteiger partial charge in [0.25, 0.3) is 0 Å². The molecule has 0 spiro atoms. The van der Waals surface area contributed by atoms with Crippen molar-refractivity contribution in [1.29, 1.82) is 0 Å². The van der Waals surface area contributed by atoms with Gasteiger partial charge in [-0.2, -0.15) is 0 Å². The first-order valence-electron chi connectivity index (χ1n) is 7.60. The van der Waals surface area contributed by atoms with Gasteiger partial charge in [0.1, 0.15) is 0 Å². The first-order valence-corrected chi connectivity index (χ1v) is 7.60. The van der Waals surface area contributed by atoms with Gasteiger partial charge in [-0.15, -0.1) is 0 Å². The number of aliphatic hydroxyl groups excluding tert-OH is 1. The average molecular weight is 277 g/mol. The van der Waals surface area contributed by atoms with Gasteiger partial charge >= 0.3 is 0 Å². The second-order valence-electron chi connectivity index (χ2n) is 5.45. The molecule has 112 valence electrons. The minimum Gasteiger partial charge on any atom is -0.391 e. The van der Waals surface area contributed by atoms with Crippen molar-refractivity contribution >= 4 is 5.91 Å². The Morgan fingerprint density at radius 2 is 1.90 bits per heavy atom. The molecule has 0 aliphatic heterocycles. The smallest absolute Gasteiger partial charge is 0.220 e. The van der Waals surface area contributed by atoms with Crippen LogP contribution in [0.3, 0.4) is 0 Å². The van der Waals surface area contributed by atoms with E-state index in [0.717, 1.165) is 19.3 Å². The number of amides is 1. The van der Waals surface area contributed by atoms with Crippen LogP contribution in [0.2, 0.25) is 0 Å². The lowest BCUT2D eigenvalue weighted by Crippen LogP contribution is -2.32. The third-order valence-corrected chi connectivity index (χ3v) is 3.61. The maximum atomic E-state index is 11.8. The summed E-state index contributed by atoms with van der Waals surface area (Å²) in [4.78, 5) is 11.8. The minimum atomic E-state index is -0.428. The van der Waals surface area contributed by atoms with Crippen LogP contribution in [0.4, 0.5) is 0 Å². The Labute approximate surface area is 122 Å². The molecule has 1 amide bonds. The highest BCUT2D eigenvalue weighted by molar-refractivity contribution is 5.76. The highest BCUT2D eigenvalue weighted by Crippen LogP contribution is 2.19. The summed E-state index contributed by atoms with van der Waals surface area (Å²) in [5.41, 5.74) is 2.50. The van der Waals surface area contributed by atoms with E-state index in [2.05, 4.69) is 43.4 Å². The molecular formula is C17H27NO2. The molecule has 2 unspecified atom stereocenters. The Balaban J connectivity index is 2.40. The van der Waals surface area contributed by atoms with Gasteiger partial charge in [0.05, 0.1) is 6.10 Å². The largest absolute Gasteiger partial charge is 0.391 e. The van der Waals surface area contributed by atoms with Crippen LogP contribution in [0.5, 0.6) is 0 Å². The van der Waals surface area contributed by atoms with E-state index in [1.54, 1.807) is 0 Å². The summed E-state index contributed by atoms with van der Waals surface area (Å²) in [7, 11) is 0. The van der Waals surface area contributed by atoms with Crippen LogP contribution in [0.1, 0.15) is 57.1 Å². The summed E-state index contributed by atoms with van der Waals surface area (Å²) in [5.74, 6) is 0.205. The van der Waals surface area contributed by atoms with Gasteiger partial charge in [0, 0.05) is 13.0 Å². The molecule has 0 radical (unpaired) electrons. The monoisotopic (exact) mass is 277 g/mol. The van der Waals surface area contributed by atoms with Crippen LogP contribution in [0.25, 0.3) is 0 Å². The molecule has 0 bridgehead atoms. The minimum absolute atomic E-state index is 0.00669. The number of carbonyl (C=O) groups excluding carboxylic acids is 1. The van der Waals surface area contributed by atoms with Gasteiger partial charge < -0.3 is 10.4 Å². The number of hydrogen-bond acceptors (Lipinski definition) is 2. The molecule has 1 aromatic carbocycles. The molecule has 0 fully saturated rings. The van der Waals surface area contributed by atoms with E-state index in [9.17, 15) is 9.90 Å². The van der Waals surface area contributed by atoms with Gasteiger partial charge in [-0.3, -0.25) is 4.79 Å². The predicted octanol–water partition coefficient (Wildman–Crippen LogP) is 3.02. The summed E-state index contributed by atoms with van der Waals surface area (Å²) < 4.78 is 0. The SMILES string of the molecule is CCCC(O)CNC(=O)CC(C)c1ccc(CC)cc1. The molecule has 0 aliphatic rings. The lowest BCUT2D eigenvalue weighted by molar-refractivity contribution is -0.121. The van der Waals surface area contributed by atoms with Gasteiger partial charge in [-0.05, 0) is 29.9 Å². The van der Waals surface area contributed by atoms with Crippen molar-refractivity contribution in [2.24, 2.45) is 0 Å². The highest BCUT2D eigenvalue weighted by atomic mass is 16.3. The van der Waals surface area contributed by atoms with Crippen molar-refractivity contribution in [1.82, 2.24) is 5.32 Å². The normalized spacial score (nSPS) is 13.8. The average Bonchev–Trinajstić information content (AvgIpc) is 2.45. The quantitative estimate of drug-likeness (QED) is 0.767. The third kappa shape index (κ3) is 5.74. The number of aliphatic hydroxyl groups is 1. The van der Waals surface area contributed by atoms with Crippen molar-refractivity contribution in [3.8, 4) is 0 Å². The van der Waals surface area contributed by atoms with E-state index in [1.807, 2.05) is 6.92 Å². The molecular weight excluding hydrogens is 250 g/mol. The van der Waals surface area contributed by atoms with Gasteiger partial charge in [-0.25, -0.2) is 0 Å². The second-order valence-corrected chi connectivity index (χ2v) is 5.45. The zero-order valence-corrected chi connectivity index (χ0v) is 12.9. The van der Waals surface area contributed by atoms with Crippen LogP contribution in [-0.4, -0.2) is 23.7 Å². The Kier molecular flexibility index (Phi) is 7.31. The molecule has 1 aromatic rings. The van der Waals surface area contributed by atoms with Crippen LogP contribution in [-0.2, 0) is 11.2 Å². The van der Waals surface area contributed by atoms with Crippen LogP contribution < -0.4 is 5.32 Å². The summed E-state index contributed by atoms with van der Waals surface area (Å²) in [6.07, 6.45) is 2.73. The molecule has 2 atom stereocenters. The summed E-state index contributed by atoms with van der Waals surface area (Å²) in [5, 5.41) is 12.4. The number of rotatable bonds is 8. The molecule has 0 saturated carbocycles. The Morgan fingerprint density at radius 3 is 2.45 bits per heavy atom. The maximum Gasteiger partial charge on any atom is 0.220 e. The molecule has 0 aliphatic carbocycles. The number of hydrogen-bond donors (Lipinski definition) is 2. The van der Waals surface area contributed by atoms with Crippen LogP contribution >= 0.6 is 0 Å². The first-order chi connectivity index (χ1) is 9.56. The maximum absolute atomic E-state index is 11.8. The van der Waals surface area contributed by atoms with Crippen LogP contribution in [0.15, 0.2) is 24.3 Å².